The molecule has 0 fully saturated rings. The molecule has 1 N–H and O–H groups in total. The lowest BCUT2D eigenvalue weighted by molar-refractivity contribution is -0.246. The molecular weight excluding hydrogens is 277 g/mol. The molecule has 3 rings (SSSR count). The van der Waals surface area contributed by atoms with E-state index in [9.17, 15) is 18.3 Å². The van der Waals surface area contributed by atoms with Crippen molar-refractivity contribution < 1.29 is 18.3 Å². The Morgan fingerprint density at radius 1 is 0.952 bits per heavy atom. The standard InChI is InChI=1S/C17H15F3O/c1-9-8-13-12-6-4-5-7-14(12)16(21,17(18,19)20)15(13)11(3)10(9)2/h4-8,21H,1-3H3. The topological polar surface area (TPSA) is 20.2 Å². The van der Waals surface area contributed by atoms with E-state index in [2.05, 4.69) is 0 Å². The highest BCUT2D eigenvalue weighted by molar-refractivity contribution is 5.83. The fourth-order valence-corrected chi connectivity index (χ4v) is 3.22. The lowest BCUT2D eigenvalue weighted by Crippen LogP contribution is -2.42. The van der Waals surface area contributed by atoms with Crippen LogP contribution in [0.2, 0.25) is 0 Å². The van der Waals surface area contributed by atoms with Gasteiger partial charge in [-0.05, 0) is 48.6 Å². The van der Waals surface area contributed by atoms with Crippen LogP contribution >= 0.6 is 0 Å². The normalized spacial score (nSPS) is 20.3. The van der Waals surface area contributed by atoms with Crippen molar-refractivity contribution in [2.75, 3.05) is 0 Å². The lowest BCUT2D eigenvalue weighted by Gasteiger charge is -2.30. The zero-order valence-corrected chi connectivity index (χ0v) is 12.0. The number of aliphatic hydroxyl groups is 1. The van der Waals surface area contributed by atoms with Gasteiger partial charge in [0.25, 0.3) is 0 Å². The largest absolute Gasteiger partial charge is 0.425 e. The van der Waals surface area contributed by atoms with Gasteiger partial charge in [0.1, 0.15) is 0 Å². The zero-order chi connectivity index (χ0) is 15.6. The van der Waals surface area contributed by atoms with E-state index in [-0.39, 0.29) is 11.1 Å². The SMILES string of the molecule is Cc1cc2c(c(C)c1C)C(O)(C(F)(F)F)c1ccccc1-2. The van der Waals surface area contributed by atoms with Crippen molar-refractivity contribution >= 4 is 0 Å². The molecule has 0 heterocycles. The van der Waals surface area contributed by atoms with Gasteiger partial charge in [0.05, 0.1) is 0 Å². The molecule has 0 bridgehead atoms. The molecule has 0 amide bonds. The fourth-order valence-electron chi connectivity index (χ4n) is 3.22. The van der Waals surface area contributed by atoms with Gasteiger partial charge in [0, 0.05) is 11.1 Å². The van der Waals surface area contributed by atoms with Gasteiger partial charge in [-0.1, -0.05) is 30.3 Å². The highest BCUT2D eigenvalue weighted by Crippen LogP contribution is 2.56. The first-order chi connectivity index (χ1) is 9.69. The molecule has 1 nitrogen and oxygen atoms in total. The smallest absolute Gasteiger partial charge is 0.372 e. The lowest BCUT2D eigenvalue weighted by atomic mass is 9.85. The maximum atomic E-state index is 13.7. The number of fused-ring (bicyclic) bond motifs is 3. The van der Waals surface area contributed by atoms with Crippen molar-refractivity contribution in [2.45, 2.75) is 32.5 Å². The summed E-state index contributed by atoms with van der Waals surface area (Å²) < 4.78 is 41.0. The van der Waals surface area contributed by atoms with Crippen LogP contribution in [-0.4, -0.2) is 11.3 Å². The molecule has 1 unspecified atom stereocenters. The molecule has 0 aromatic heterocycles. The summed E-state index contributed by atoms with van der Waals surface area (Å²) in [5.41, 5.74) is 0.101. The maximum absolute atomic E-state index is 13.7. The van der Waals surface area contributed by atoms with Crippen molar-refractivity contribution in [3.63, 3.8) is 0 Å². The summed E-state index contributed by atoms with van der Waals surface area (Å²) in [6.07, 6.45) is -4.76. The van der Waals surface area contributed by atoms with Crippen molar-refractivity contribution in [1.82, 2.24) is 0 Å². The molecule has 2 aromatic carbocycles. The minimum atomic E-state index is -4.76. The molecule has 4 heteroatoms. The Labute approximate surface area is 121 Å². The van der Waals surface area contributed by atoms with Crippen LogP contribution in [0.1, 0.15) is 27.8 Å². The molecule has 0 aliphatic heterocycles. The van der Waals surface area contributed by atoms with Gasteiger partial charge in [0.15, 0.2) is 0 Å². The molecule has 1 aliphatic rings. The number of hydrogen-bond acceptors (Lipinski definition) is 1. The Kier molecular flexibility index (Phi) is 2.76. The second-order valence-corrected chi connectivity index (χ2v) is 5.62. The van der Waals surface area contributed by atoms with E-state index < -0.39 is 11.8 Å². The highest BCUT2D eigenvalue weighted by Gasteiger charge is 2.61. The summed E-state index contributed by atoms with van der Waals surface area (Å²) in [5.74, 6) is 0. The molecule has 1 atom stereocenters. The predicted octanol–water partition coefficient (Wildman–Crippen LogP) is 4.39. The third-order valence-electron chi connectivity index (χ3n) is 4.54. The van der Waals surface area contributed by atoms with Crippen LogP contribution in [0.3, 0.4) is 0 Å². The molecule has 0 saturated heterocycles. The number of alkyl halides is 3. The third kappa shape index (κ3) is 1.62. The van der Waals surface area contributed by atoms with Gasteiger partial charge < -0.3 is 5.11 Å². The highest BCUT2D eigenvalue weighted by atomic mass is 19.4. The summed E-state index contributed by atoms with van der Waals surface area (Å²) in [7, 11) is 0. The van der Waals surface area contributed by atoms with Crippen LogP contribution in [0.15, 0.2) is 30.3 Å². The average molecular weight is 292 g/mol. The first-order valence-corrected chi connectivity index (χ1v) is 6.70. The van der Waals surface area contributed by atoms with Crippen molar-refractivity contribution in [3.05, 3.63) is 58.1 Å². The number of hydrogen-bond donors (Lipinski definition) is 1. The number of rotatable bonds is 0. The van der Waals surface area contributed by atoms with Crippen molar-refractivity contribution in [3.8, 4) is 11.1 Å². The Bertz CT molecular complexity index is 746. The van der Waals surface area contributed by atoms with E-state index in [1.54, 1.807) is 32.0 Å². The van der Waals surface area contributed by atoms with E-state index in [1.807, 2.05) is 6.92 Å². The van der Waals surface area contributed by atoms with Crippen molar-refractivity contribution in [1.29, 1.82) is 0 Å². The van der Waals surface area contributed by atoms with E-state index in [1.165, 1.54) is 12.1 Å². The van der Waals surface area contributed by atoms with Crippen LogP contribution in [-0.2, 0) is 5.60 Å². The van der Waals surface area contributed by atoms with Crippen LogP contribution < -0.4 is 0 Å². The maximum Gasteiger partial charge on any atom is 0.425 e. The van der Waals surface area contributed by atoms with Gasteiger partial charge in [-0.15, -0.1) is 0 Å². The van der Waals surface area contributed by atoms with Gasteiger partial charge in [-0.2, -0.15) is 13.2 Å². The first-order valence-electron chi connectivity index (χ1n) is 6.70. The Hall–Kier alpha value is -1.81. The quantitative estimate of drug-likeness (QED) is 0.763. The fraction of sp³-hybridized carbons (Fsp3) is 0.294. The molecule has 0 radical (unpaired) electrons. The second-order valence-electron chi connectivity index (χ2n) is 5.62. The van der Waals surface area contributed by atoms with Crippen LogP contribution in [0.5, 0.6) is 0 Å². The number of halogens is 3. The first kappa shape index (κ1) is 14.1. The molecule has 0 spiro atoms. The Morgan fingerprint density at radius 2 is 1.57 bits per heavy atom. The monoisotopic (exact) mass is 292 g/mol. The predicted molar refractivity (Wildman–Crippen MR) is 75.1 cm³/mol. The molecule has 2 aromatic rings. The van der Waals surface area contributed by atoms with E-state index in [0.717, 1.165) is 11.1 Å². The molecular formula is C17H15F3O. The average Bonchev–Trinajstić information content (AvgIpc) is 2.67. The van der Waals surface area contributed by atoms with Crippen LogP contribution in [0, 0.1) is 20.8 Å². The van der Waals surface area contributed by atoms with Crippen molar-refractivity contribution in [2.24, 2.45) is 0 Å². The summed E-state index contributed by atoms with van der Waals surface area (Å²) in [6.45, 7) is 5.30. The molecule has 110 valence electrons. The third-order valence-corrected chi connectivity index (χ3v) is 4.54. The summed E-state index contributed by atoms with van der Waals surface area (Å²) >= 11 is 0. The van der Waals surface area contributed by atoms with Gasteiger partial charge >= 0.3 is 6.18 Å². The van der Waals surface area contributed by atoms with Gasteiger partial charge in [-0.25, -0.2) is 0 Å². The van der Waals surface area contributed by atoms with E-state index >= 15 is 0 Å². The van der Waals surface area contributed by atoms with Crippen LogP contribution in [0.25, 0.3) is 11.1 Å². The molecule has 0 saturated carbocycles. The van der Waals surface area contributed by atoms with Crippen LogP contribution in [0.4, 0.5) is 13.2 Å². The minimum Gasteiger partial charge on any atom is -0.372 e. The zero-order valence-electron chi connectivity index (χ0n) is 12.0. The summed E-state index contributed by atoms with van der Waals surface area (Å²) in [4.78, 5) is 0. The summed E-state index contributed by atoms with van der Waals surface area (Å²) in [5, 5.41) is 10.6. The Balaban J connectivity index is 2.50. The summed E-state index contributed by atoms with van der Waals surface area (Å²) in [6, 6.07) is 7.94. The van der Waals surface area contributed by atoms with E-state index in [0.29, 0.717) is 16.7 Å². The minimum absolute atomic E-state index is 0.0284. The molecule has 21 heavy (non-hydrogen) atoms. The second kappa shape index (κ2) is 4.10. The number of benzene rings is 2. The number of aryl methyl sites for hydroxylation is 1. The van der Waals surface area contributed by atoms with Gasteiger partial charge in [0.2, 0.25) is 5.60 Å². The Morgan fingerprint density at radius 3 is 2.19 bits per heavy atom. The molecule has 1 aliphatic carbocycles. The van der Waals surface area contributed by atoms with Gasteiger partial charge in [-0.3, -0.25) is 0 Å². The van der Waals surface area contributed by atoms with E-state index in [4.69, 9.17) is 0 Å².